The Bertz CT molecular complexity index is 676. The summed E-state index contributed by atoms with van der Waals surface area (Å²) in [6, 6.07) is 11.2. The Morgan fingerprint density at radius 1 is 1.14 bits per heavy atom. The van der Waals surface area contributed by atoms with Crippen molar-refractivity contribution in [3.05, 3.63) is 47.5 Å². The first kappa shape index (κ1) is 15.0. The molecule has 1 atom stereocenters. The van der Waals surface area contributed by atoms with E-state index in [2.05, 4.69) is 0 Å². The van der Waals surface area contributed by atoms with Gasteiger partial charge in [-0.3, -0.25) is 4.79 Å². The van der Waals surface area contributed by atoms with Gasteiger partial charge in [-0.1, -0.05) is 36.4 Å². The zero-order valence-corrected chi connectivity index (χ0v) is 12.4. The zero-order valence-electron chi connectivity index (χ0n) is 12.4. The maximum Gasteiger partial charge on any atom is 0.338 e. The number of rotatable bonds is 4. The summed E-state index contributed by atoms with van der Waals surface area (Å²) in [5.41, 5.74) is 1.05. The molecule has 21 heavy (non-hydrogen) atoms. The highest BCUT2D eigenvalue weighted by molar-refractivity contribution is 6.07. The third kappa shape index (κ3) is 2.89. The Hall–Kier alpha value is -2.36. The van der Waals surface area contributed by atoms with Crippen molar-refractivity contribution in [3.63, 3.8) is 0 Å². The maximum absolute atomic E-state index is 12.2. The molecule has 0 fully saturated rings. The van der Waals surface area contributed by atoms with E-state index >= 15 is 0 Å². The van der Waals surface area contributed by atoms with Crippen LogP contribution in [0.5, 0.6) is 0 Å². The van der Waals surface area contributed by atoms with E-state index in [1.807, 2.05) is 30.3 Å². The number of carbonyl (C=O) groups excluding carboxylic acids is 2. The summed E-state index contributed by atoms with van der Waals surface area (Å²) in [4.78, 5) is 24.1. The summed E-state index contributed by atoms with van der Waals surface area (Å²) in [5, 5.41) is 1.70. The molecule has 2 aromatic carbocycles. The van der Waals surface area contributed by atoms with Crippen LogP contribution in [-0.4, -0.2) is 25.7 Å². The van der Waals surface area contributed by atoms with Crippen LogP contribution in [0.15, 0.2) is 36.4 Å². The fourth-order valence-corrected chi connectivity index (χ4v) is 2.37. The molecule has 0 aliphatic carbocycles. The standard InChI is InChI=1S/C17H18O4/c1-4-21-16(18)11(2)13-10-9-12-7-5-6-8-14(12)15(13)17(19)20-3/h5-11H,4H2,1-3H3. The Morgan fingerprint density at radius 2 is 1.86 bits per heavy atom. The van der Waals surface area contributed by atoms with Gasteiger partial charge in [-0.05, 0) is 30.2 Å². The van der Waals surface area contributed by atoms with Gasteiger partial charge in [0.2, 0.25) is 0 Å². The molecular weight excluding hydrogens is 268 g/mol. The van der Waals surface area contributed by atoms with Crippen molar-refractivity contribution in [3.8, 4) is 0 Å². The first-order chi connectivity index (χ1) is 10.1. The van der Waals surface area contributed by atoms with Crippen LogP contribution in [-0.2, 0) is 14.3 Å². The van der Waals surface area contributed by atoms with E-state index < -0.39 is 11.9 Å². The second kappa shape index (κ2) is 6.39. The van der Waals surface area contributed by atoms with Crippen molar-refractivity contribution in [2.75, 3.05) is 13.7 Å². The van der Waals surface area contributed by atoms with Gasteiger partial charge in [0.25, 0.3) is 0 Å². The van der Waals surface area contributed by atoms with Crippen LogP contribution in [0.4, 0.5) is 0 Å². The van der Waals surface area contributed by atoms with E-state index in [4.69, 9.17) is 9.47 Å². The van der Waals surface area contributed by atoms with Gasteiger partial charge in [0.15, 0.2) is 0 Å². The van der Waals surface area contributed by atoms with Crippen LogP contribution in [0.25, 0.3) is 10.8 Å². The van der Waals surface area contributed by atoms with Crippen LogP contribution in [0, 0.1) is 0 Å². The highest BCUT2D eigenvalue weighted by Gasteiger charge is 2.24. The number of ether oxygens (including phenoxy) is 2. The second-order valence-corrected chi connectivity index (χ2v) is 4.72. The van der Waals surface area contributed by atoms with Gasteiger partial charge >= 0.3 is 11.9 Å². The minimum absolute atomic E-state index is 0.310. The molecule has 0 saturated carbocycles. The molecular formula is C17H18O4. The molecule has 4 nitrogen and oxygen atoms in total. The Labute approximate surface area is 123 Å². The van der Waals surface area contributed by atoms with Gasteiger partial charge in [-0.15, -0.1) is 0 Å². The van der Waals surface area contributed by atoms with Gasteiger partial charge < -0.3 is 9.47 Å². The van der Waals surface area contributed by atoms with Crippen LogP contribution in [0.3, 0.4) is 0 Å². The van der Waals surface area contributed by atoms with Crippen LogP contribution < -0.4 is 0 Å². The molecule has 0 N–H and O–H groups in total. The smallest absolute Gasteiger partial charge is 0.338 e. The van der Waals surface area contributed by atoms with Crippen LogP contribution in [0.1, 0.15) is 35.7 Å². The van der Waals surface area contributed by atoms with Gasteiger partial charge in [0, 0.05) is 0 Å². The summed E-state index contributed by atoms with van der Waals surface area (Å²) >= 11 is 0. The lowest BCUT2D eigenvalue weighted by Crippen LogP contribution is -2.17. The molecule has 2 rings (SSSR count). The number of hydrogen-bond donors (Lipinski definition) is 0. The molecule has 0 bridgehead atoms. The molecule has 0 aromatic heterocycles. The molecule has 110 valence electrons. The molecule has 0 aliphatic rings. The maximum atomic E-state index is 12.2. The number of benzene rings is 2. The predicted octanol–water partition coefficient (Wildman–Crippen LogP) is 3.29. The molecule has 0 radical (unpaired) electrons. The predicted molar refractivity (Wildman–Crippen MR) is 80.3 cm³/mol. The normalized spacial score (nSPS) is 12.0. The van der Waals surface area contributed by atoms with Crippen molar-refractivity contribution in [2.45, 2.75) is 19.8 Å². The quantitative estimate of drug-likeness (QED) is 0.809. The van der Waals surface area contributed by atoms with Crippen molar-refractivity contribution in [1.82, 2.24) is 0 Å². The zero-order chi connectivity index (χ0) is 15.4. The highest BCUT2D eigenvalue weighted by atomic mass is 16.5. The van der Waals surface area contributed by atoms with Gasteiger partial charge in [-0.25, -0.2) is 4.79 Å². The molecule has 0 spiro atoms. The third-order valence-corrected chi connectivity index (χ3v) is 3.46. The first-order valence-corrected chi connectivity index (χ1v) is 6.86. The molecule has 0 saturated heterocycles. The first-order valence-electron chi connectivity index (χ1n) is 6.86. The minimum atomic E-state index is -0.524. The summed E-state index contributed by atoms with van der Waals surface area (Å²) < 4.78 is 9.93. The van der Waals surface area contributed by atoms with Crippen LogP contribution in [0.2, 0.25) is 0 Å². The van der Waals surface area contributed by atoms with Gasteiger partial charge in [0.05, 0.1) is 25.2 Å². The minimum Gasteiger partial charge on any atom is -0.466 e. The number of fused-ring (bicyclic) bond motifs is 1. The molecule has 4 heteroatoms. The summed E-state index contributed by atoms with van der Waals surface area (Å²) in [5.74, 6) is -1.32. The van der Waals surface area contributed by atoms with Crippen molar-refractivity contribution in [1.29, 1.82) is 0 Å². The Kier molecular flexibility index (Phi) is 4.58. The Morgan fingerprint density at radius 3 is 2.52 bits per heavy atom. The van der Waals surface area contributed by atoms with Crippen LogP contribution >= 0.6 is 0 Å². The van der Waals surface area contributed by atoms with Crippen molar-refractivity contribution < 1.29 is 19.1 Å². The number of hydrogen-bond acceptors (Lipinski definition) is 4. The Balaban J connectivity index is 2.62. The fourth-order valence-electron chi connectivity index (χ4n) is 2.37. The highest BCUT2D eigenvalue weighted by Crippen LogP contribution is 2.29. The second-order valence-electron chi connectivity index (χ2n) is 4.72. The number of methoxy groups -OCH3 is 1. The third-order valence-electron chi connectivity index (χ3n) is 3.46. The average molecular weight is 286 g/mol. The number of carbonyl (C=O) groups is 2. The molecule has 0 heterocycles. The SMILES string of the molecule is CCOC(=O)C(C)c1ccc2ccccc2c1C(=O)OC. The average Bonchev–Trinajstić information content (AvgIpc) is 2.52. The lowest BCUT2D eigenvalue weighted by atomic mass is 9.91. The fraction of sp³-hybridized carbons (Fsp3) is 0.294. The lowest BCUT2D eigenvalue weighted by molar-refractivity contribution is -0.144. The van der Waals surface area contributed by atoms with Gasteiger partial charge in [0.1, 0.15) is 0 Å². The van der Waals surface area contributed by atoms with E-state index in [1.54, 1.807) is 19.9 Å². The molecule has 1 unspecified atom stereocenters. The van der Waals surface area contributed by atoms with E-state index in [9.17, 15) is 9.59 Å². The van der Waals surface area contributed by atoms with Gasteiger partial charge in [-0.2, -0.15) is 0 Å². The topological polar surface area (TPSA) is 52.6 Å². The van der Waals surface area contributed by atoms with E-state index in [0.29, 0.717) is 17.7 Å². The summed E-state index contributed by atoms with van der Waals surface area (Å²) in [7, 11) is 1.34. The largest absolute Gasteiger partial charge is 0.466 e. The monoisotopic (exact) mass is 286 g/mol. The summed E-state index contributed by atoms with van der Waals surface area (Å²) in [6.45, 7) is 3.80. The van der Waals surface area contributed by atoms with E-state index in [1.165, 1.54) is 7.11 Å². The lowest BCUT2D eigenvalue weighted by Gasteiger charge is -2.16. The van der Waals surface area contributed by atoms with Crippen molar-refractivity contribution >= 4 is 22.7 Å². The molecule has 2 aromatic rings. The molecule has 0 amide bonds. The van der Waals surface area contributed by atoms with Crippen molar-refractivity contribution in [2.24, 2.45) is 0 Å². The summed E-state index contributed by atoms with van der Waals surface area (Å²) in [6.07, 6.45) is 0. The molecule has 0 aliphatic heterocycles. The van der Waals surface area contributed by atoms with E-state index in [0.717, 1.165) is 10.8 Å². The van der Waals surface area contributed by atoms with E-state index in [-0.39, 0.29) is 5.97 Å². The number of esters is 2.